The molecule has 7 nitrogen and oxygen atoms in total. The Morgan fingerprint density at radius 2 is 1.80 bits per heavy atom. The monoisotopic (exact) mass is 436 g/mol. The van der Waals surface area contributed by atoms with E-state index in [1.165, 1.54) is 43.6 Å². The Bertz CT molecular complexity index is 1230. The van der Waals surface area contributed by atoms with Crippen LogP contribution >= 0.6 is 0 Å². The summed E-state index contributed by atoms with van der Waals surface area (Å²) < 4.78 is 67.0. The molecule has 0 saturated carbocycles. The summed E-state index contributed by atoms with van der Waals surface area (Å²) in [6.45, 7) is 1.23. The second-order valence-electron chi connectivity index (χ2n) is 6.28. The molecule has 0 aliphatic carbocycles. The fraction of sp³-hybridized carbons (Fsp3) is 0.105. The third kappa shape index (κ3) is 4.40. The van der Waals surface area contributed by atoms with Gasteiger partial charge >= 0.3 is 6.18 Å². The summed E-state index contributed by atoms with van der Waals surface area (Å²) in [5.41, 5.74) is 4.07. The molecule has 0 bridgehead atoms. The highest BCUT2D eigenvalue weighted by Crippen LogP contribution is 2.33. The summed E-state index contributed by atoms with van der Waals surface area (Å²) in [5, 5.41) is 0. The minimum absolute atomic E-state index is 0.0817. The zero-order valence-corrected chi connectivity index (χ0v) is 16.3. The van der Waals surface area contributed by atoms with Crippen molar-refractivity contribution in [1.82, 2.24) is 9.97 Å². The number of sulfonamides is 1. The maximum Gasteiger partial charge on any atom is 0.416 e. The number of ketones is 1. The van der Waals surface area contributed by atoms with Gasteiger partial charge in [0.05, 0.1) is 16.1 Å². The summed E-state index contributed by atoms with van der Waals surface area (Å²) in [5.74, 6) is -0.555. The number of hydrogen-bond acceptors (Lipinski definition) is 6. The van der Waals surface area contributed by atoms with Gasteiger partial charge in [0, 0.05) is 18.0 Å². The quantitative estimate of drug-likeness (QED) is 0.593. The summed E-state index contributed by atoms with van der Waals surface area (Å²) in [4.78, 5) is 19.8. The van der Waals surface area contributed by atoms with Crippen LogP contribution in [0.25, 0.3) is 0 Å². The molecule has 156 valence electrons. The lowest BCUT2D eigenvalue weighted by atomic mass is 10.1. The molecule has 0 atom stereocenters. The molecule has 0 spiro atoms. The van der Waals surface area contributed by atoms with Crippen molar-refractivity contribution < 1.29 is 26.4 Å². The van der Waals surface area contributed by atoms with Crippen molar-refractivity contribution in [3.63, 3.8) is 0 Å². The number of anilines is 2. The topological polar surface area (TPSA) is 115 Å². The highest BCUT2D eigenvalue weighted by Gasteiger charge is 2.34. The number of alkyl halides is 3. The Hall–Kier alpha value is -3.47. The molecule has 3 aromatic rings. The van der Waals surface area contributed by atoms with Gasteiger partial charge in [0.15, 0.2) is 0 Å². The molecule has 0 unspecified atom stereocenters. The number of aromatic nitrogens is 2. The number of nitrogens with one attached hydrogen (secondary N) is 1. The average Bonchev–Trinajstić information content (AvgIpc) is 2.67. The maximum absolute atomic E-state index is 13.1. The van der Waals surface area contributed by atoms with Crippen LogP contribution in [0, 0.1) is 6.92 Å². The van der Waals surface area contributed by atoms with Gasteiger partial charge in [-0.1, -0.05) is 6.07 Å². The van der Waals surface area contributed by atoms with E-state index in [0.717, 1.165) is 12.1 Å². The number of rotatable bonds is 5. The first-order valence-electron chi connectivity index (χ1n) is 8.41. The lowest BCUT2D eigenvalue weighted by Crippen LogP contribution is -2.18. The van der Waals surface area contributed by atoms with Crippen LogP contribution in [-0.4, -0.2) is 24.2 Å². The van der Waals surface area contributed by atoms with E-state index in [2.05, 4.69) is 14.7 Å². The normalized spacial score (nSPS) is 11.9. The van der Waals surface area contributed by atoms with Gasteiger partial charge in [0.25, 0.3) is 10.0 Å². The van der Waals surface area contributed by atoms with Crippen molar-refractivity contribution in [3.8, 4) is 0 Å². The minimum atomic E-state index is -4.72. The summed E-state index contributed by atoms with van der Waals surface area (Å²) in [6.07, 6.45) is -2.13. The molecule has 0 saturated heterocycles. The highest BCUT2D eigenvalue weighted by atomic mass is 32.2. The van der Waals surface area contributed by atoms with Crippen molar-refractivity contribution in [2.75, 3.05) is 10.5 Å². The van der Waals surface area contributed by atoms with Gasteiger partial charge in [-0.15, -0.1) is 0 Å². The fourth-order valence-corrected chi connectivity index (χ4v) is 3.76. The van der Waals surface area contributed by atoms with E-state index in [4.69, 9.17) is 5.73 Å². The van der Waals surface area contributed by atoms with Gasteiger partial charge in [-0.2, -0.15) is 13.2 Å². The lowest BCUT2D eigenvalue weighted by molar-refractivity contribution is -0.138. The molecule has 2 aromatic heterocycles. The van der Waals surface area contributed by atoms with Crippen molar-refractivity contribution in [3.05, 3.63) is 77.2 Å². The molecule has 0 aliphatic rings. The van der Waals surface area contributed by atoms with E-state index in [1.54, 1.807) is 0 Å². The van der Waals surface area contributed by atoms with Crippen LogP contribution in [0.3, 0.4) is 0 Å². The van der Waals surface area contributed by atoms with Crippen LogP contribution in [-0.2, 0) is 16.2 Å². The number of nitrogens with zero attached hydrogens (tertiary/aromatic N) is 2. The highest BCUT2D eigenvalue weighted by molar-refractivity contribution is 7.92. The second kappa shape index (κ2) is 7.75. The van der Waals surface area contributed by atoms with E-state index in [9.17, 15) is 26.4 Å². The number of halogens is 3. The lowest BCUT2D eigenvalue weighted by Gasteiger charge is -2.14. The molecular weight excluding hydrogens is 421 g/mol. The largest absolute Gasteiger partial charge is 0.416 e. The number of benzene rings is 1. The predicted molar refractivity (Wildman–Crippen MR) is 103 cm³/mol. The van der Waals surface area contributed by atoms with Crippen molar-refractivity contribution in [2.24, 2.45) is 0 Å². The number of aryl methyl sites for hydroxylation is 1. The van der Waals surface area contributed by atoms with Gasteiger partial charge in [-0.25, -0.2) is 13.4 Å². The number of nitrogen functional groups attached to an aromatic ring is 1. The number of nitrogens with two attached hydrogens (primary N) is 1. The third-order valence-corrected chi connectivity index (χ3v) is 5.50. The van der Waals surface area contributed by atoms with Gasteiger partial charge < -0.3 is 5.73 Å². The molecule has 30 heavy (non-hydrogen) atoms. The Kier molecular flexibility index (Phi) is 5.49. The first-order chi connectivity index (χ1) is 14.0. The van der Waals surface area contributed by atoms with Crippen molar-refractivity contribution in [1.29, 1.82) is 0 Å². The molecule has 1 aromatic carbocycles. The fourth-order valence-electron chi connectivity index (χ4n) is 2.67. The second-order valence-corrected chi connectivity index (χ2v) is 7.96. The number of carbonyl (C=O) groups is 1. The van der Waals surface area contributed by atoms with Gasteiger partial charge in [0.2, 0.25) is 5.78 Å². The maximum atomic E-state index is 13.1. The van der Waals surface area contributed by atoms with Crippen LogP contribution in [0.15, 0.2) is 59.8 Å². The predicted octanol–water partition coefficient (Wildman–Crippen LogP) is 3.42. The summed E-state index contributed by atoms with van der Waals surface area (Å²) in [7, 11) is -4.44. The Balaban J connectivity index is 2.00. The molecular formula is C19H15F3N4O3S. The molecule has 11 heteroatoms. The molecule has 0 aliphatic heterocycles. The molecule has 0 radical (unpaired) electrons. The smallest absolute Gasteiger partial charge is 0.384 e. The van der Waals surface area contributed by atoms with E-state index in [1.807, 2.05) is 0 Å². The van der Waals surface area contributed by atoms with Gasteiger partial charge in [0.1, 0.15) is 11.5 Å². The van der Waals surface area contributed by atoms with Crippen LogP contribution in [0.2, 0.25) is 0 Å². The Labute approximate surface area is 169 Å². The van der Waals surface area contributed by atoms with Crippen LogP contribution < -0.4 is 10.5 Å². The SMILES string of the molecule is Cc1ccc(S(=O)(=O)Nc2cccnc2C(=O)c2ccnc(N)c2)cc1C(F)(F)F. The number of pyridine rings is 2. The zero-order chi connectivity index (χ0) is 22.1. The van der Waals surface area contributed by atoms with Gasteiger partial charge in [-0.05, 0) is 48.9 Å². The number of carbonyl (C=O) groups excluding carboxylic acids is 1. The molecule has 0 fully saturated rings. The molecule has 0 amide bonds. The Morgan fingerprint density at radius 1 is 1.07 bits per heavy atom. The molecule has 2 heterocycles. The van der Waals surface area contributed by atoms with Crippen LogP contribution in [0.4, 0.5) is 24.7 Å². The van der Waals surface area contributed by atoms with E-state index >= 15 is 0 Å². The molecule has 3 rings (SSSR count). The minimum Gasteiger partial charge on any atom is -0.384 e. The van der Waals surface area contributed by atoms with Gasteiger partial charge in [-0.3, -0.25) is 14.5 Å². The third-order valence-electron chi connectivity index (χ3n) is 4.14. The standard InChI is InChI=1S/C19H15F3N4O3S/c1-11-4-5-13(10-14(11)19(20,21)22)30(28,29)26-15-3-2-7-25-17(15)18(27)12-6-8-24-16(23)9-12/h2-10,26H,1H3,(H2,23,24). The average molecular weight is 436 g/mol. The first-order valence-corrected chi connectivity index (χ1v) is 9.89. The summed E-state index contributed by atoms with van der Waals surface area (Å²) >= 11 is 0. The van der Waals surface area contributed by atoms with Crippen LogP contribution in [0.5, 0.6) is 0 Å². The summed E-state index contributed by atoms with van der Waals surface area (Å²) in [6, 6.07) is 7.99. The number of hydrogen-bond donors (Lipinski definition) is 2. The van der Waals surface area contributed by atoms with Crippen molar-refractivity contribution in [2.45, 2.75) is 18.0 Å². The Morgan fingerprint density at radius 3 is 2.47 bits per heavy atom. The van der Waals surface area contributed by atoms with Crippen LogP contribution in [0.1, 0.15) is 27.2 Å². The van der Waals surface area contributed by atoms with Crippen molar-refractivity contribution >= 4 is 27.3 Å². The first kappa shape index (κ1) is 21.2. The van der Waals surface area contributed by atoms with E-state index in [-0.39, 0.29) is 28.3 Å². The van der Waals surface area contributed by atoms with E-state index < -0.39 is 32.4 Å². The zero-order valence-electron chi connectivity index (χ0n) is 15.4. The molecule has 3 N–H and O–H groups in total. The van der Waals surface area contributed by atoms with E-state index in [0.29, 0.717) is 6.07 Å².